The van der Waals surface area contributed by atoms with Crippen LogP contribution in [0.4, 0.5) is 0 Å². The first-order chi connectivity index (χ1) is 11.5. The number of amides is 1. The van der Waals surface area contributed by atoms with Crippen LogP contribution in [0, 0.1) is 13.8 Å². The second kappa shape index (κ2) is 6.31. The molecule has 0 fully saturated rings. The minimum atomic E-state index is -1.06. The molecule has 24 heavy (non-hydrogen) atoms. The molecule has 8 heteroatoms. The molecular weight excluding hydrogens is 312 g/mol. The van der Waals surface area contributed by atoms with E-state index in [-0.39, 0.29) is 19.7 Å². The van der Waals surface area contributed by atoms with Crippen molar-refractivity contribution in [2.45, 2.75) is 33.0 Å². The summed E-state index contributed by atoms with van der Waals surface area (Å²) in [4.78, 5) is 25.3. The molecular formula is C16H18N4O4. The Morgan fingerprint density at radius 3 is 2.62 bits per heavy atom. The van der Waals surface area contributed by atoms with Crippen molar-refractivity contribution < 1.29 is 19.4 Å². The fourth-order valence-electron chi connectivity index (χ4n) is 2.65. The number of fused-ring (bicyclic) bond motifs is 1. The van der Waals surface area contributed by atoms with E-state index in [9.17, 15) is 14.7 Å². The van der Waals surface area contributed by atoms with Gasteiger partial charge in [-0.1, -0.05) is 17.7 Å². The molecule has 1 aromatic heterocycles. The normalized spacial score (nSPS) is 16.6. The van der Waals surface area contributed by atoms with Crippen LogP contribution >= 0.6 is 0 Å². The lowest BCUT2D eigenvalue weighted by Gasteiger charge is -2.33. The summed E-state index contributed by atoms with van der Waals surface area (Å²) < 4.78 is 7.20. The van der Waals surface area contributed by atoms with E-state index in [1.54, 1.807) is 23.6 Å². The summed E-state index contributed by atoms with van der Waals surface area (Å²) in [5, 5.41) is 17.4. The molecule has 1 amide bonds. The maximum atomic E-state index is 12.4. The molecule has 1 unspecified atom stereocenters. The van der Waals surface area contributed by atoms with Crippen LogP contribution in [0.3, 0.4) is 0 Å². The lowest BCUT2D eigenvalue weighted by molar-refractivity contribution is -0.153. The molecule has 2 aromatic rings. The molecule has 1 aliphatic heterocycles. The van der Waals surface area contributed by atoms with Gasteiger partial charge in [-0.2, -0.15) is 0 Å². The Hall–Kier alpha value is -2.90. The Labute approximate surface area is 138 Å². The highest BCUT2D eigenvalue weighted by Gasteiger charge is 2.36. The number of aliphatic carboxylic acids is 1. The molecule has 0 spiro atoms. The van der Waals surface area contributed by atoms with E-state index >= 15 is 0 Å². The van der Waals surface area contributed by atoms with Crippen molar-refractivity contribution in [1.82, 2.24) is 19.7 Å². The Kier molecular flexibility index (Phi) is 4.20. The molecule has 0 bridgehead atoms. The highest BCUT2D eigenvalue weighted by Crippen LogP contribution is 2.19. The number of aryl methyl sites for hydroxylation is 2. The average Bonchev–Trinajstić information content (AvgIpc) is 2.93. The predicted molar refractivity (Wildman–Crippen MR) is 83.4 cm³/mol. The molecule has 0 saturated heterocycles. The molecule has 126 valence electrons. The van der Waals surface area contributed by atoms with Crippen molar-refractivity contribution in [3.05, 3.63) is 41.5 Å². The highest BCUT2D eigenvalue weighted by molar-refractivity contribution is 5.84. The van der Waals surface area contributed by atoms with Crippen LogP contribution in [-0.4, -0.2) is 49.3 Å². The zero-order valence-corrected chi connectivity index (χ0v) is 13.5. The van der Waals surface area contributed by atoms with E-state index in [4.69, 9.17) is 4.74 Å². The van der Waals surface area contributed by atoms with Gasteiger partial charge in [0.25, 0.3) is 5.91 Å². The largest absolute Gasteiger partial charge is 0.484 e. The monoisotopic (exact) mass is 330 g/mol. The summed E-state index contributed by atoms with van der Waals surface area (Å²) in [6, 6.07) is 6.35. The summed E-state index contributed by atoms with van der Waals surface area (Å²) in [6.45, 7) is 3.74. The number of nitrogens with zero attached hydrogens (tertiary/aromatic N) is 4. The van der Waals surface area contributed by atoms with Gasteiger partial charge in [-0.25, -0.2) is 4.79 Å². The third kappa shape index (κ3) is 3.08. The smallest absolute Gasteiger partial charge is 0.328 e. The maximum absolute atomic E-state index is 12.4. The van der Waals surface area contributed by atoms with Gasteiger partial charge in [-0.3, -0.25) is 4.79 Å². The zero-order valence-electron chi connectivity index (χ0n) is 13.5. The number of carbonyl (C=O) groups is 2. The maximum Gasteiger partial charge on any atom is 0.328 e. The summed E-state index contributed by atoms with van der Waals surface area (Å²) in [6.07, 6.45) is 0. The van der Waals surface area contributed by atoms with Crippen molar-refractivity contribution in [1.29, 1.82) is 0 Å². The third-order valence-corrected chi connectivity index (χ3v) is 4.04. The van der Waals surface area contributed by atoms with Gasteiger partial charge < -0.3 is 19.3 Å². The molecule has 0 aliphatic carbocycles. The molecule has 1 N–H and O–H groups in total. The molecule has 3 rings (SSSR count). The first-order valence-corrected chi connectivity index (χ1v) is 7.56. The molecule has 2 heterocycles. The number of carboxylic acids is 1. The van der Waals surface area contributed by atoms with E-state index in [0.717, 1.165) is 5.56 Å². The number of ether oxygens (including phenoxy) is 1. The number of rotatable bonds is 4. The fourth-order valence-corrected chi connectivity index (χ4v) is 2.65. The van der Waals surface area contributed by atoms with Crippen LogP contribution in [0.5, 0.6) is 5.75 Å². The predicted octanol–water partition coefficient (Wildman–Crippen LogP) is 0.769. The third-order valence-electron chi connectivity index (χ3n) is 4.04. The van der Waals surface area contributed by atoms with Crippen molar-refractivity contribution in [3.8, 4) is 5.75 Å². The molecule has 0 radical (unpaired) electrons. The van der Waals surface area contributed by atoms with Crippen molar-refractivity contribution >= 4 is 11.9 Å². The van der Waals surface area contributed by atoms with E-state index in [2.05, 4.69) is 10.2 Å². The van der Waals surface area contributed by atoms with E-state index in [1.807, 2.05) is 19.1 Å². The van der Waals surface area contributed by atoms with E-state index in [0.29, 0.717) is 17.4 Å². The minimum absolute atomic E-state index is 0.105. The van der Waals surface area contributed by atoms with Crippen molar-refractivity contribution in [3.63, 3.8) is 0 Å². The van der Waals surface area contributed by atoms with Gasteiger partial charge in [-0.15, -0.1) is 10.2 Å². The summed E-state index contributed by atoms with van der Waals surface area (Å²) in [5.41, 5.74) is 1.09. The number of carboxylic acid groups (broad SMARTS) is 1. The summed E-state index contributed by atoms with van der Waals surface area (Å²) >= 11 is 0. The molecule has 8 nitrogen and oxygen atoms in total. The molecule has 1 aromatic carbocycles. The SMILES string of the molecule is Cc1ccc(OCC(=O)N2Cc3nnc(C)n3CC2C(=O)O)cc1. The summed E-state index contributed by atoms with van der Waals surface area (Å²) in [5.74, 6) is 0.331. The van der Waals surface area contributed by atoms with Gasteiger partial charge in [0, 0.05) is 0 Å². The van der Waals surface area contributed by atoms with Crippen LogP contribution in [0.1, 0.15) is 17.2 Å². The average molecular weight is 330 g/mol. The van der Waals surface area contributed by atoms with Crippen LogP contribution in [0.2, 0.25) is 0 Å². The Balaban J connectivity index is 1.72. The van der Waals surface area contributed by atoms with Crippen LogP contribution < -0.4 is 4.74 Å². The number of hydrogen-bond donors (Lipinski definition) is 1. The van der Waals surface area contributed by atoms with Gasteiger partial charge in [0.1, 0.15) is 17.6 Å². The topological polar surface area (TPSA) is 97.5 Å². The van der Waals surface area contributed by atoms with Gasteiger partial charge in [-0.05, 0) is 26.0 Å². The number of hydrogen-bond acceptors (Lipinski definition) is 5. The highest BCUT2D eigenvalue weighted by atomic mass is 16.5. The van der Waals surface area contributed by atoms with Gasteiger partial charge in [0.05, 0.1) is 13.1 Å². The minimum Gasteiger partial charge on any atom is -0.484 e. The van der Waals surface area contributed by atoms with Gasteiger partial charge >= 0.3 is 5.97 Å². The van der Waals surface area contributed by atoms with Gasteiger partial charge in [0.15, 0.2) is 12.4 Å². The standard InChI is InChI=1S/C16H18N4O4/c1-10-3-5-12(6-4-10)24-9-15(21)20-8-14-18-17-11(2)19(14)7-13(20)16(22)23/h3-6,13H,7-9H2,1-2H3,(H,22,23). The lowest BCUT2D eigenvalue weighted by atomic mass is 10.2. The fraction of sp³-hybridized carbons (Fsp3) is 0.375. The van der Waals surface area contributed by atoms with E-state index in [1.165, 1.54) is 4.90 Å². The second-order valence-electron chi connectivity index (χ2n) is 5.75. The van der Waals surface area contributed by atoms with Gasteiger partial charge in [0.2, 0.25) is 0 Å². The second-order valence-corrected chi connectivity index (χ2v) is 5.75. The first kappa shape index (κ1) is 16.0. The first-order valence-electron chi connectivity index (χ1n) is 7.56. The van der Waals surface area contributed by atoms with Crippen LogP contribution in [-0.2, 0) is 22.7 Å². The number of carbonyl (C=O) groups excluding carboxylic acids is 1. The Morgan fingerprint density at radius 1 is 1.25 bits per heavy atom. The summed E-state index contributed by atoms with van der Waals surface area (Å²) in [7, 11) is 0. The van der Waals surface area contributed by atoms with Crippen LogP contribution in [0.15, 0.2) is 24.3 Å². The van der Waals surface area contributed by atoms with Crippen LogP contribution in [0.25, 0.3) is 0 Å². The lowest BCUT2D eigenvalue weighted by Crippen LogP contribution is -2.52. The number of benzene rings is 1. The Bertz CT molecular complexity index is 769. The van der Waals surface area contributed by atoms with E-state index < -0.39 is 17.9 Å². The Morgan fingerprint density at radius 2 is 1.96 bits per heavy atom. The van der Waals surface area contributed by atoms with Crippen molar-refractivity contribution in [2.24, 2.45) is 0 Å². The van der Waals surface area contributed by atoms with Crippen molar-refractivity contribution in [2.75, 3.05) is 6.61 Å². The molecule has 1 aliphatic rings. The molecule has 1 atom stereocenters. The zero-order chi connectivity index (χ0) is 17.3. The quantitative estimate of drug-likeness (QED) is 0.889. The number of aromatic nitrogens is 3. The molecule has 0 saturated carbocycles.